The number of nitrogens with zero attached hydrogens (tertiary/aromatic N) is 1. The van der Waals surface area contributed by atoms with Gasteiger partial charge in [-0.1, -0.05) is 55.1 Å². The third-order valence-corrected chi connectivity index (χ3v) is 3.58. The Hall–Kier alpha value is -2.06. The smallest absolute Gasteiger partial charge is 0.0552 e. The van der Waals surface area contributed by atoms with Gasteiger partial charge >= 0.3 is 0 Å². The highest BCUT2D eigenvalue weighted by molar-refractivity contribution is 5.56. The first kappa shape index (κ1) is 12.0. The number of hydrogen-bond donors (Lipinski definition) is 1. The monoisotopic (exact) mass is 250 g/mol. The third kappa shape index (κ3) is 2.54. The number of fused-ring (bicyclic) bond motifs is 1. The highest BCUT2D eigenvalue weighted by Crippen LogP contribution is 2.25. The summed E-state index contributed by atoms with van der Waals surface area (Å²) < 4.78 is 0. The molecule has 19 heavy (non-hydrogen) atoms. The summed E-state index contributed by atoms with van der Waals surface area (Å²) in [6, 6.07) is 17.1. The Morgan fingerprint density at radius 3 is 2.68 bits per heavy atom. The first-order valence-corrected chi connectivity index (χ1v) is 6.67. The van der Waals surface area contributed by atoms with Gasteiger partial charge in [-0.05, 0) is 29.2 Å². The second kappa shape index (κ2) is 5.29. The van der Waals surface area contributed by atoms with Gasteiger partial charge in [0, 0.05) is 13.1 Å². The van der Waals surface area contributed by atoms with Crippen LogP contribution in [0.25, 0.3) is 6.08 Å². The molecule has 0 spiro atoms. The van der Waals surface area contributed by atoms with E-state index >= 15 is 0 Å². The molecule has 1 aliphatic rings. The Kier molecular flexibility index (Phi) is 3.34. The SMILES string of the molecule is C=Cc1ccc(CNN2CCc3ccccc32)cc1. The van der Waals surface area contributed by atoms with Gasteiger partial charge in [0.15, 0.2) is 0 Å². The van der Waals surface area contributed by atoms with Gasteiger partial charge in [-0.2, -0.15) is 0 Å². The van der Waals surface area contributed by atoms with Gasteiger partial charge in [0.2, 0.25) is 0 Å². The summed E-state index contributed by atoms with van der Waals surface area (Å²) in [7, 11) is 0. The van der Waals surface area contributed by atoms with Crippen LogP contribution in [0.15, 0.2) is 55.1 Å². The molecule has 0 saturated heterocycles. The summed E-state index contributed by atoms with van der Waals surface area (Å²) in [6.07, 6.45) is 2.99. The molecule has 2 aromatic rings. The predicted octanol–water partition coefficient (Wildman–Crippen LogP) is 3.40. The van der Waals surface area contributed by atoms with E-state index in [1.165, 1.54) is 16.8 Å². The summed E-state index contributed by atoms with van der Waals surface area (Å²) in [5.74, 6) is 0. The number of rotatable bonds is 4. The quantitative estimate of drug-likeness (QED) is 0.894. The van der Waals surface area contributed by atoms with Crippen molar-refractivity contribution < 1.29 is 0 Å². The maximum atomic E-state index is 3.77. The lowest BCUT2D eigenvalue weighted by Gasteiger charge is -2.20. The molecular weight excluding hydrogens is 232 g/mol. The average molecular weight is 250 g/mol. The number of anilines is 1. The van der Waals surface area contributed by atoms with Crippen molar-refractivity contribution in [3.05, 3.63) is 71.8 Å². The topological polar surface area (TPSA) is 15.3 Å². The molecule has 0 atom stereocenters. The van der Waals surface area contributed by atoms with Crippen LogP contribution < -0.4 is 10.4 Å². The molecule has 0 radical (unpaired) electrons. The molecule has 1 heterocycles. The summed E-state index contributed by atoms with van der Waals surface area (Å²) in [4.78, 5) is 0. The first-order valence-electron chi connectivity index (χ1n) is 6.67. The zero-order valence-electron chi connectivity index (χ0n) is 11.0. The lowest BCUT2D eigenvalue weighted by atomic mass is 10.1. The van der Waals surface area contributed by atoms with Crippen molar-refractivity contribution in [3.8, 4) is 0 Å². The molecular formula is C17H18N2. The van der Waals surface area contributed by atoms with Crippen LogP contribution in [0.2, 0.25) is 0 Å². The van der Waals surface area contributed by atoms with Gasteiger partial charge in [-0.15, -0.1) is 0 Å². The third-order valence-electron chi connectivity index (χ3n) is 3.58. The van der Waals surface area contributed by atoms with E-state index in [1.807, 2.05) is 6.08 Å². The molecule has 0 amide bonds. The normalized spacial score (nSPS) is 13.4. The zero-order valence-corrected chi connectivity index (χ0v) is 11.0. The highest BCUT2D eigenvalue weighted by atomic mass is 15.5. The van der Waals surface area contributed by atoms with Gasteiger partial charge in [0.25, 0.3) is 0 Å². The molecule has 2 heteroatoms. The van der Waals surface area contributed by atoms with Crippen molar-refractivity contribution in [2.24, 2.45) is 0 Å². The van der Waals surface area contributed by atoms with Crippen LogP contribution in [-0.4, -0.2) is 6.54 Å². The van der Waals surface area contributed by atoms with Crippen molar-refractivity contribution in [1.29, 1.82) is 0 Å². The highest BCUT2D eigenvalue weighted by Gasteiger charge is 2.17. The fourth-order valence-electron chi connectivity index (χ4n) is 2.46. The van der Waals surface area contributed by atoms with Gasteiger partial charge in [-0.25, -0.2) is 5.43 Å². The van der Waals surface area contributed by atoms with Crippen LogP contribution >= 0.6 is 0 Å². The van der Waals surface area contributed by atoms with E-state index < -0.39 is 0 Å². The minimum Gasteiger partial charge on any atom is -0.308 e. The van der Waals surface area contributed by atoms with Crippen LogP contribution in [0.3, 0.4) is 0 Å². The Morgan fingerprint density at radius 2 is 1.89 bits per heavy atom. The van der Waals surface area contributed by atoms with Crippen molar-refractivity contribution >= 4 is 11.8 Å². The summed E-state index contributed by atoms with van der Waals surface area (Å²) >= 11 is 0. The van der Waals surface area contributed by atoms with Gasteiger partial charge in [0.05, 0.1) is 5.69 Å². The van der Waals surface area contributed by atoms with Crippen molar-refractivity contribution in [3.63, 3.8) is 0 Å². The van der Waals surface area contributed by atoms with Gasteiger partial charge in [-0.3, -0.25) is 0 Å². The van der Waals surface area contributed by atoms with Crippen molar-refractivity contribution in [2.75, 3.05) is 11.6 Å². The number of para-hydroxylation sites is 1. The molecule has 0 unspecified atom stereocenters. The van der Waals surface area contributed by atoms with Crippen LogP contribution in [0.4, 0.5) is 5.69 Å². The molecule has 0 aromatic heterocycles. The molecule has 0 aliphatic carbocycles. The number of benzene rings is 2. The molecule has 1 N–H and O–H groups in total. The molecule has 3 rings (SSSR count). The molecule has 96 valence electrons. The van der Waals surface area contributed by atoms with Crippen LogP contribution in [0.1, 0.15) is 16.7 Å². The Morgan fingerprint density at radius 1 is 1.11 bits per heavy atom. The summed E-state index contributed by atoms with van der Waals surface area (Å²) in [5, 5.41) is 2.25. The van der Waals surface area contributed by atoms with E-state index in [4.69, 9.17) is 0 Å². The van der Waals surface area contributed by atoms with Crippen molar-refractivity contribution in [2.45, 2.75) is 13.0 Å². The minimum atomic E-state index is 0.853. The fourth-order valence-corrected chi connectivity index (χ4v) is 2.46. The Balaban J connectivity index is 1.65. The Bertz CT molecular complexity index is 572. The van der Waals surface area contributed by atoms with E-state index in [9.17, 15) is 0 Å². The van der Waals surface area contributed by atoms with E-state index in [2.05, 4.69) is 65.5 Å². The second-order valence-corrected chi connectivity index (χ2v) is 4.81. The molecule has 2 aromatic carbocycles. The summed E-state index contributed by atoms with van der Waals surface area (Å²) in [6.45, 7) is 5.67. The van der Waals surface area contributed by atoms with E-state index in [0.29, 0.717) is 0 Å². The summed E-state index contributed by atoms with van der Waals surface area (Å²) in [5.41, 5.74) is 8.69. The minimum absolute atomic E-state index is 0.853. The molecule has 2 nitrogen and oxygen atoms in total. The zero-order chi connectivity index (χ0) is 13.1. The van der Waals surface area contributed by atoms with E-state index in [0.717, 1.165) is 25.1 Å². The largest absolute Gasteiger partial charge is 0.308 e. The van der Waals surface area contributed by atoms with Crippen molar-refractivity contribution in [1.82, 2.24) is 5.43 Å². The molecule has 0 fully saturated rings. The Labute approximate surface area is 114 Å². The predicted molar refractivity (Wildman–Crippen MR) is 80.9 cm³/mol. The van der Waals surface area contributed by atoms with E-state index in [1.54, 1.807) is 0 Å². The van der Waals surface area contributed by atoms with Crippen LogP contribution in [-0.2, 0) is 13.0 Å². The number of hydrazine groups is 1. The van der Waals surface area contributed by atoms with Crippen LogP contribution in [0.5, 0.6) is 0 Å². The maximum absolute atomic E-state index is 3.77. The fraction of sp³-hybridized carbons (Fsp3) is 0.176. The molecule has 0 bridgehead atoms. The second-order valence-electron chi connectivity index (χ2n) is 4.81. The lowest BCUT2D eigenvalue weighted by Crippen LogP contribution is -2.35. The first-order chi connectivity index (χ1) is 9.36. The number of nitrogens with one attached hydrogen (secondary N) is 1. The molecule has 1 aliphatic heterocycles. The molecule has 0 saturated carbocycles. The average Bonchev–Trinajstić information content (AvgIpc) is 2.89. The lowest BCUT2D eigenvalue weighted by molar-refractivity contribution is 0.644. The van der Waals surface area contributed by atoms with Crippen LogP contribution in [0, 0.1) is 0 Å². The van der Waals surface area contributed by atoms with Gasteiger partial charge < -0.3 is 5.01 Å². The number of hydrogen-bond acceptors (Lipinski definition) is 2. The van der Waals surface area contributed by atoms with E-state index in [-0.39, 0.29) is 0 Å². The maximum Gasteiger partial charge on any atom is 0.0552 e. The van der Waals surface area contributed by atoms with Gasteiger partial charge in [0.1, 0.15) is 0 Å². The standard InChI is InChI=1S/C17H18N2/c1-2-14-7-9-15(10-8-14)13-18-19-12-11-16-5-3-4-6-17(16)19/h2-10,18H,1,11-13H2.